The van der Waals surface area contributed by atoms with Gasteiger partial charge in [0.1, 0.15) is 0 Å². The summed E-state index contributed by atoms with van der Waals surface area (Å²) in [6.07, 6.45) is 7.74. The van der Waals surface area contributed by atoms with Gasteiger partial charge in [-0.1, -0.05) is 44.7 Å². The van der Waals surface area contributed by atoms with E-state index in [9.17, 15) is 0 Å². The molecule has 0 aromatic rings. The first-order valence-electron chi connectivity index (χ1n) is 6.97. The van der Waals surface area contributed by atoms with Gasteiger partial charge in [0.2, 0.25) is 0 Å². The molecule has 0 spiro atoms. The highest BCUT2D eigenvalue weighted by Crippen LogP contribution is 2.44. The molecule has 1 fully saturated rings. The summed E-state index contributed by atoms with van der Waals surface area (Å²) in [4.78, 5) is 0. The number of rotatable bonds is 10. The van der Waals surface area contributed by atoms with Crippen LogP contribution < -0.4 is 0 Å². The van der Waals surface area contributed by atoms with Crippen molar-refractivity contribution < 1.29 is 9.47 Å². The Morgan fingerprint density at radius 2 is 1.72 bits per heavy atom. The van der Waals surface area contributed by atoms with Crippen molar-refractivity contribution in [2.75, 3.05) is 37.6 Å². The number of halogens is 2. The van der Waals surface area contributed by atoms with Crippen molar-refractivity contribution in [1.29, 1.82) is 0 Å². The molecule has 0 saturated heterocycles. The maximum atomic E-state index is 5.73. The molecule has 0 aliphatic heterocycles. The molecule has 1 aliphatic carbocycles. The van der Waals surface area contributed by atoms with Crippen LogP contribution in [0.1, 0.15) is 38.5 Å². The van der Waals surface area contributed by atoms with Crippen molar-refractivity contribution in [1.82, 2.24) is 0 Å². The Balaban J connectivity index is 2.28. The quantitative estimate of drug-likeness (QED) is 0.410. The van der Waals surface area contributed by atoms with Crippen LogP contribution in [-0.2, 0) is 9.47 Å². The Hall–Kier alpha value is 0.880. The largest absolute Gasteiger partial charge is 0.385 e. The van der Waals surface area contributed by atoms with Crippen molar-refractivity contribution in [2.45, 2.75) is 38.5 Å². The Bertz CT molecular complexity index is 202. The summed E-state index contributed by atoms with van der Waals surface area (Å²) in [5.41, 5.74) is 0.387. The molecule has 108 valence electrons. The monoisotopic (exact) mass is 384 g/mol. The van der Waals surface area contributed by atoms with E-state index in [1.807, 2.05) is 0 Å². The second-order valence-electron chi connectivity index (χ2n) is 5.32. The summed E-state index contributed by atoms with van der Waals surface area (Å²) >= 11 is 7.46. The Morgan fingerprint density at radius 1 is 1.06 bits per heavy atom. The molecular formula is C14H26Br2O2. The number of hydrogen-bond donors (Lipinski definition) is 0. The minimum absolute atomic E-state index is 0.387. The van der Waals surface area contributed by atoms with Crippen LogP contribution >= 0.6 is 31.9 Å². The third-order valence-electron chi connectivity index (χ3n) is 4.13. The molecule has 0 bridgehead atoms. The summed E-state index contributed by atoms with van der Waals surface area (Å²) in [5.74, 6) is 0.860. The second-order valence-corrected chi connectivity index (χ2v) is 6.44. The van der Waals surface area contributed by atoms with Gasteiger partial charge in [-0.3, -0.25) is 0 Å². The van der Waals surface area contributed by atoms with Crippen LogP contribution in [0.2, 0.25) is 0 Å². The lowest BCUT2D eigenvalue weighted by Crippen LogP contribution is -2.34. The standard InChI is InChI=1S/C14H26Br2O2/c1-17-8-4-9-18-10-7-14(11-15,12-16)13-5-2-3-6-13/h13H,2-12H2,1H3. The zero-order chi connectivity index (χ0) is 13.3. The van der Waals surface area contributed by atoms with Gasteiger partial charge in [-0.05, 0) is 37.0 Å². The molecule has 18 heavy (non-hydrogen) atoms. The normalized spacial score (nSPS) is 17.5. The van der Waals surface area contributed by atoms with E-state index in [4.69, 9.17) is 9.47 Å². The molecule has 1 rings (SSSR count). The molecule has 0 heterocycles. The number of hydrogen-bond acceptors (Lipinski definition) is 2. The van der Waals surface area contributed by atoms with Gasteiger partial charge in [-0.25, -0.2) is 0 Å². The predicted octanol–water partition coefficient (Wildman–Crippen LogP) is 4.40. The maximum absolute atomic E-state index is 5.73. The van der Waals surface area contributed by atoms with Gasteiger partial charge in [0.15, 0.2) is 0 Å². The van der Waals surface area contributed by atoms with Crippen LogP contribution in [-0.4, -0.2) is 37.6 Å². The zero-order valence-corrected chi connectivity index (χ0v) is 14.6. The van der Waals surface area contributed by atoms with E-state index in [2.05, 4.69) is 31.9 Å². The van der Waals surface area contributed by atoms with Gasteiger partial charge in [0, 0.05) is 37.6 Å². The second kappa shape index (κ2) is 9.73. The van der Waals surface area contributed by atoms with E-state index >= 15 is 0 Å². The van der Waals surface area contributed by atoms with Crippen LogP contribution in [0.5, 0.6) is 0 Å². The average Bonchev–Trinajstić information content (AvgIpc) is 2.93. The van der Waals surface area contributed by atoms with Crippen LogP contribution in [0.3, 0.4) is 0 Å². The molecule has 0 aromatic carbocycles. The van der Waals surface area contributed by atoms with Crippen molar-refractivity contribution in [2.24, 2.45) is 11.3 Å². The SMILES string of the molecule is COCCCOCCC(CBr)(CBr)C1CCCC1. The van der Waals surface area contributed by atoms with Crippen molar-refractivity contribution >= 4 is 31.9 Å². The highest BCUT2D eigenvalue weighted by Gasteiger charge is 2.38. The summed E-state index contributed by atoms with van der Waals surface area (Å²) in [7, 11) is 1.74. The summed E-state index contributed by atoms with van der Waals surface area (Å²) < 4.78 is 10.8. The minimum atomic E-state index is 0.387. The van der Waals surface area contributed by atoms with E-state index in [0.29, 0.717) is 5.41 Å². The van der Waals surface area contributed by atoms with Crippen LogP contribution in [0.4, 0.5) is 0 Å². The van der Waals surface area contributed by atoms with Crippen molar-refractivity contribution in [3.8, 4) is 0 Å². The van der Waals surface area contributed by atoms with Crippen molar-refractivity contribution in [3.05, 3.63) is 0 Å². The predicted molar refractivity (Wildman–Crippen MR) is 83.9 cm³/mol. The molecule has 1 aliphatic rings. The van der Waals surface area contributed by atoms with Crippen LogP contribution in [0.15, 0.2) is 0 Å². The van der Waals surface area contributed by atoms with Gasteiger partial charge < -0.3 is 9.47 Å². The van der Waals surface area contributed by atoms with Gasteiger partial charge in [-0.15, -0.1) is 0 Å². The van der Waals surface area contributed by atoms with E-state index < -0.39 is 0 Å². The Labute approximate surface area is 128 Å². The van der Waals surface area contributed by atoms with Gasteiger partial charge in [0.05, 0.1) is 0 Å². The molecule has 1 saturated carbocycles. The number of ether oxygens (including phenoxy) is 2. The number of alkyl halides is 2. The molecule has 0 aromatic heterocycles. The fourth-order valence-electron chi connectivity index (χ4n) is 2.81. The Morgan fingerprint density at radius 3 is 2.28 bits per heavy atom. The summed E-state index contributed by atoms with van der Waals surface area (Å²) in [6, 6.07) is 0. The molecule has 0 atom stereocenters. The van der Waals surface area contributed by atoms with Gasteiger partial charge in [-0.2, -0.15) is 0 Å². The van der Waals surface area contributed by atoms with Gasteiger partial charge >= 0.3 is 0 Å². The molecule has 0 radical (unpaired) electrons. The highest BCUT2D eigenvalue weighted by molar-refractivity contribution is 9.09. The van der Waals surface area contributed by atoms with E-state index in [0.717, 1.165) is 49.2 Å². The lowest BCUT2D eigenvalue weighted by atomic mass is 9.75. The molecular weight excluding hydrogens is 360 g/mol. The smallest absolute Gasteiger partial charge is 0.0487 e. The van der Waals surface area contributed by atoms with Crippen LogP contribution in [0, 0.1) is 11.3 Å². The van der Waals surface area contributed by atoms with E-state index in [1.54, 1.807) is 7.11 Å². The summed E-state index contributed by atoms with van der Waals surface area (Å²) in [5, 5.41) is 2.16. The first kappa shape index (κ1) is 16.9. The third-order valence-corrected chi connectivity index (χ3v) is 6.37. The molecule has 0 amide bonds. The molecule has 0 N–H and O–H groups in total. The average molecular weight is 386 g/mol. The first-order chi connectivity index (χ1) is 8.79. The third kappa shape index (κ3) is 5.10. The van der Waals surface area contributed by atoms with Crippen molar-refractivity contribution in [3.63, 3.8) is 0 Å². The fraction of sp³-hybridized carbons (Fsp3) is 1.00. The molecule has 2 nitrogen and oxygen atoms in total. The Kier molecular flexibility index (Phi) is 9.16. The lowest BCUT2D eigenvalue weighted by molar-refractivity contribution is 0.0717. The molecule has 4 heteroatoms. The first-order valence-corrected chi connectivity index (χ1v) is 9.22. The van der Waals surface area contributed by atoms with E-state index in [1.165, 1.54) is 25.7 Å². The summed E-state index contributed by atoms with van der Waals surface area (Å²) in [6.45, 7) is 2.49. The van der Waals surface area contributed by atoms with Gasteiger partial charge in [0.25, 0.3) is 0 Å². The minimum Gasteiger partial charge on any atom is -0.385 e. The number of methoxy groups -OCH3 is 1. The lowest BCUT2D eigenvalue weighted by Gasteiger charge is -2.36. The van der Waals surface area contributed by atoms with E-state index in [-0.39, 0.29) is 0 Å². The highest BCUT2D eigenvalue weighted by atomic mass is 79.9. The fourth-order valence-corrected chi connectivity index (χ4v) is 5.22. The molecule has 0 unspecified atom stereocenters. The zero-order valence-electron chi connectivity index (χ0n) is 11.4. The topological polar surface area (TPSA) is 18.5 Å². The maximum Gasteiger partial charge on any atom is 0.0487 e. The van der Waals surface area contributed by atoms with Crippen LogP contribution in [0.25, 0.3) is 0 Å².